The van der Waals surface area contributed by atoms with Gasteiger partial charge in [0.25, 0.3) is 0 Å². The number of ether oxygens (including phenoxy) is 1. The molecule has 1 amide bonds. The van der Waals surface area contributed by atoms with Gasteiger partial charge >= 0.3 is 0 Å². The maximum absolute atomic E-state index is 13.5. The van der Waals surface area contributed by atoms with Crippen LogP contribution in [-0.2, 0) is 4.79 Å². The lowest BCUT2D eigenvalue weighted by Crippen LogP contribution is -2.53. The molecule has 0 radical (unpaired) electrons. The van der Waals surface area contributed by atoms with Gasteiger partial charge in [-0.25, -0.2) is 0 Å². The Balaban J connectivity index is 0.00000120. The summed E-state index contributed by atoms with van der Waals surface area (Å²) in [6.45, 7) is 5.17. The fourth-order valence-electron chi connectivity index (χ4n) is 6.48. The number of benzene rings is 1. The maximum atomic E-state index is 13.5. The normalized spacial score (nSPS) is 30.4. The van der Waals surface area contributed by atoms with Crippen LogP contribution in [0, 0.1) is 11.8 Å². The lowest BCUT2D eigenvalue weighted by atomic mass is 9.89. The summed E-state index contributed by atoms with van der Waals surface area (Å²) in [6, 6.07) is 8.91. The number of amides is 1. The van der Waals surface area contributed by atoms with Gasteiger partial charge < -0.3 is 9.64 Å². The van der Waals surface area contributed by atoms with E-state index in [9.17, 15) is 4.79 Å². The lowest BCUT2D eigenvalue weighted by Gasteiger charge is -2.35. The van der Waals surface area contributed by atoms with Crippen molar-refractivity contribution in [3.05, 3.63) is 29.8 Å². The molecule has 162 valence electrons. The number of hydrogen-bond donors (Lipinski definition) is 0. The van der Waals surface area contributed by atoms with Gasteiger partial charge in [-0.3, -0.25) is 14.6 Å². The molecule has 0 aromatic heterocycles. The standard InChI is InChI=1S/C22H31N3O2.2ClH/c1-23-13-17-14-24(21(26)22-9-3-11-25(22)12-4-10-22)15-19(17)20(23)16-5-7-18(27-2)8-6-16;;/h5-8,17,19-20H,3-4,9-15H2,1-2H3;2*1H/t17-,19+,20-;;/m0../s1. The van der Waals surface area contributed by atoms with E-state index in [-0.39, 0.29) is 30.4 Å². The van der Waals surface area contributed by atoms with Crippen molar-refractivity contribution in [3.63, 3.8) is 0 Å². The Kier molecular flexibility index (Phi) is 6.74. The number of methoxy groups -OCH3 is 1. The Morgan fingerprint density at radius 1 is 1.03 bits per heavy atom. The average molecular weight is 442 g/mol. The van der Waals surface area contributed by atoms with E-state index in [1.54, 1.807) is 7.11 Å². The Morgan fingerprint density at radius 2 is 1.69 bits per heavy atom. The van der Waals surface area contributed by atoms with E-state index in [4.69, 9.17) is 4.74 Å². The van der Waals surface area contributed by atoms with Crippen LogP contribution in [0.2, 0.25) is 0 Å². The Labute approximate surface area is 186 Å². The zero-order valence-corrected chi connectivity index (χ0v) is 19.0. The molecule has 1 aromatic rings. The number of rotatable bonds is 3. The summed E-state index contributed by atoms with van der Waals surface area (Å²) in [4.78, 5) is 20.7. The minimum absolute atomic E-state index is 0. The van der Waals surface area contributed by atoms with Gasteiger partial charge in [0.05, 0.1) is 7.11 Å². The Hall–Kier alpha value is -1.01. The van der Waals surface area contributed by atoms with E-state index in [1.807, 2.05) is 0 Å². The van der Waals surface area contributed by atoms with Crippen LogP contribution in [0.3, 0.4) is 0 Å². The molecule has 0 spiro atoms. The molecular formula is C22H33Cl2N3O2. The quantitative estimate of drug-likeness (QED) is 0.721. The van der Waals surface area contributed by atoms with Crippen molar-refractivity contribution in [2.24, 2.45) is 11.8 Å². The van der Waals surface area contributed by atoms with Crippen molar-refractivity contribution in [2.75, 3.05) is 46.9 Å². The fourth-order valence-corrected chi connectivity index (χ4v) is 6.48. The number of carbonyl (C=O) groups is 1. The van der Waals surface area contributed by atoms with Gasteiger partial charge in [-0.05, 0) is 69.4 Å². The summed E-state index contributed by atoms with van der Waals surface area (Å²) >= 11 is 0. The van der Waals surface area contributed by atoms with E-state index < -0.39 is 0 Å². The maximum Gasteiger partial charge on any atom is 0.243 e. The second-order valence-corrected chi connectivity index (χ2v) is 9.02. The zero-order valence-electron chi connectivity index (χ0n) is 17.4. The molecule has 0 bridgehead atoms. The molecular weight excluding hydrogens is 409 g/mol. The second-order valence-electron chi connectivity index (χ2n) is 9.02. The molecule has 4 saturated heterocycles. The van der Waals surface area contributed by atoms with E-state index in [0.717, 1.165) is 51.3 Å². The molecule has 4 heterocycles. The first kappa shape index (κ1) is 22.7. The number of likely N-dealkylation sites (tertiary alicyclic amines) is 2. The highest BCUT2D eigenvalue weighted by molar-refractivity contribution is 5.87. The molecule has 5 nitrogen and oxygen atoms in total. The topological polar surface area (TPSA) is 36.0 Å². The summed E-state index contributed by atoms with van der Waals surface area (Å²) in [7, 11) is 3.94. The van der Waals surface area contributed by atoms with Gasteiger partial charge in [0.2, 0.25) is 5.91 Å². The van der Waals surface area contributed by atoms with Crippen molar-refractivity contribution < 1.29 is 9.53 Å². The molecule has 0 unspecified atom stereocenters. The first-order valence-electron chi connectivity index (χ1n) is 10.5. The van der Waals surface area contributed by atoms with Crippen LogP contribution < -0.4 is 4.74 Å². The third kappa shape index (κ3) is 3.54. The molecule has 4 fully saturated rings. The van der Waals surface area contributed by atoms with Crippen molar-refractivity contribution in [1.29, 1.82) is 0 Å². The zero-order chi connectivity index (χ0) is 18.6. The molecule has 29 heavy (non-hydrogen) atoms. The summed E-state index contributed by atoms with van der Waals surface area (Å²) in [5.41, 5.74) is 1.20. The number of fused-ring (bicyclic) bond motifs is 2. The van der Waals surface area contributed by atoms with E-state index in [1.165, 1.54) is 18.4 Å². The molecule has 5 rings (SSSR count). The van der Waals surface area contributed by atoms with Gasteiger partial charge in [0.15, 0.2) is 0 Å². The van der Waals surface area contributed by atoms with Crippen LogP contribution in [0.1, 0.15) is 37.3 Å². The van der Waals surface area contributed by atoms with Gasteiger partial charge in [-0.1, -0.05) is 12.1 Å². The molecule has 0 aliphatic carbocycles. The molecule has 3 atom stereocenters. The lowest BCUT2D eigenvalue weighted by molar-refractivity contribution is -0.140. The minimum atomic E-state index is -0.153. The highest BCUT2D eigenvalue weighted by Crippen LogP contribution is 2.47. The van der Waals surface area contributed by atoms with E-state index in [0.29, 0.717) is 23.8 Å². The Bertz CT molecular complexity index is 719. The van der Waals surface area contributed by atoms with Gasteiger partial charge in [-0.2, -0.15) is 0 Å². The van der Waals surface area contributed by atoms with Crippen molar-refractivity contribution in [2.45, 2.75) is 37.3 Å². The monoisotopic (exact) mass is 441 g/mol. The highest BCUT2D eigenvalue weighted by Gasteiger charge is 2.55. The van der Waals surface area contributed by atoms with E-state index in [2.05, 4.69) is 46.0 Å². The SMILES string of the molecule is COc1ccc([C@H]2[C@@H]3CN(C(=O)C45CCCN4CCC5)C[C@@H]3CN2C)cc1.Cl.Cl. The predicted molar refractivity (Wildman–Crippen MR) is 119 cm³/mol. The number of halogens is 2. The number of carbonyl (C=O) groups excluding carboxylic acids is 1. The molecule has 4 aliphatic heterocycles. The first-order chi connectivity index (χ1) is 13.1. The van der Waals surface area contributed by atoms with Crippen LogP contribution in [0.25, 0.3) is 0 Å². The molecule has 0 N–H and O–H groups in total. The molecule has 1 aromatic carbocycles. The molecule has 4 aliphatic rings. The average Bonchev–Trinajstić information content (AvgIpc) is 3.40. The summed E-state index contributed by atoms with van der Waals surface area (Å²) in [5, 5.41) is 0. The summed E-state index contributed by atoms with van der Waals surface area (Å²) in [6.07, 6.45) is 4.51. The number of nitrogens with zero attached hydrogens (tertiary/aromatic N) is 3. The van der Waals surface area contributed by atoms with Crippen molar-refractivity contribution >= 4 is 30.7 Å². The van der Waals surface area contributed by atoms with Crippen LogP contribution in [0.15, 0.2) is 24.3 Å². The first-order valence-corrected chi connectivity index (χ1v) is 10.5. The van der Waals surface area contributed by atoms with Gasteiger partial charge in [0, 0.05) is 31.6 Å². The van der Waals surface area contributed by atoms with Gasteiger partial charge in [-0.15, -0.1) is 24.8 Å². The largest absolute Gasteiger partial charge is 0.497 e. The minimum Gasteiger partial charge on any atom is -0.497 e. The molecule has 7 heteroatoms. The van der Waals surface area contributed by atoms with Crippen LogP contribution in [-0.4, -0.2) is 73.0 Å². The highest BCUT2D eigenvalue weighted by atomic mass is 35.5. The third-order valence-corrected chi connectivity index (χ3v) is 7.68. The van der Waals surface area contributed by atoms with Gasteiger partial charge in [0.1, 0.15) is 11.3 Å². The summed E-state index contributed by atoms with van der Waals surface area (Å²) in [5.74, 6) is 2.47. The second kappa shape index (κ2) is 8.62. The fraction of sp³-hybridized carbons (Fsp3) is 0.682. The molecule has 0 saturated carbocycles. The van der Waals surface area contributed by atoms with Crippen molar-refractivity contribution in [1.82, 2.24) is 14.7 Å². The van der Waals surface area contributed by atoms with Crippen LogP contribution in [0.5, 0.6) is 5.75 Å². The predicted octanol–water partition coefficient (Wildman–Crippen LogP) is 3.23. The van der Waals surface area contributed by atoms with Crippen LogP contribution >= 0.6 is 24.8 Å². The summed E-state index contributed by atoms with van der Waals surface area (Å²) < 4.78 is 5.32. The number of hydrogen-bond acceptors (Lipinski definition) is 4. The van der Waals surface area contributed by atoms with Crippen molar-refractivity contribution in [3.8, 4) is 5.75 Å². The third-order valence-electron chi connectivity index (χ3n) is 7.68. The Morgan fingerprint density at radius 3 is 2.31 bits per heavy atom. The van der Waals surface area contributed by atoms with Crippen LogP contribution in [0.4, 0.5) is 0 Å². The smallest absolute Gasteiger partial charge is 0.243 e. The van der Waals surface area contributed by atoms with E-state index >= 15 is 0 Å².